The number of aromatic nitrogens is 2. The second-order valence-electron chi connectivity index (χ2n) is 4.96. The van der Waals surface area contributed by atoms with Crippen LogP contribution in [0.5, 0.6) is 0 Å². The van der Waals surface area contributed by atoms with Gasteiger partial charge in [-0.15, -0.1) is 0 Å². The quantitative estimate of drug-likeness (QED) is 0.918. The summed E-state index contributed by atoms with van der Waals surface area (Å²) in [7, 11) is 0. The Labute approximate surface area is 126 Å². The first kappa shape index (κ1) is 14.2. The fraction of sp³-hybridized carbons (Fsp3) is 0.333. The van der Waals surface area contributed by atoms with Crippen LogP contribution in [-0.2, 0) is 4.74 Å². The highest BCUT2D eigenvalue weighted by Gasteiger charge is 2.19. The lowest BCUT2D eigenvalue weighted by Crippen LogP contribution is -2.32. The standard InChI is InChI=1S/C15H14N4O3/c16-8-10-3-5-11(6-4-10)15-18-13(19-22-15)14(20)17-9-12-2-1-7-21-12/h3-6,12H,1-2,7,9H2,(H,17,20)/t12-/m1/s1. The van der Waals surface area contributed by atoms with Crippen molar-refractivity contribution in [3.63, 3.8) is 0 Å². The second kappa shape index (κ2) is 6.37. The minimum absolute atomic E-state index is 0.0163. The van der Waals surface area contributed by atoms with Gasteiger partial charge >= 0.3 is 0 Å². The molecule has 1 N–H and O–H groups in total. The van der Waals surface area contributed by atoms with Crippen LogP contribution in [0.2, 0.25) is 0 Å². The summed E-state index contributed by atoms with van der Waals surface area (Å²) in [5.41, 5.74) is 1.20. The van der Waals surface area contributed by atoms with Crippen LogP contribution >= 0.6 is 0 Å². The molecule has 1 aliphatic rings. The Bertz CT molecular complexity index is 696. The first-order valence-corrected chi connectivity index (χ1v) is 7.00. The third kappa shape index (κ3) is 3.13. The van der Waals surface area contributed by atoms with E-state index in [2.05, 4.69) is 15.5 Å². The molecule has 0 radical (unpaired) electrons. The Morgan fingerprint density at radius 3 is 2.91 bits per heavy atom. The second-order valence-corrected chi connectivity index (χ2v) is 4.96. The van der Waals surface area contributed by atoms with Crippen LogP contribution in [0, 0.1) is 11.3 Å². The topological polar surface area (TPSA) is 101 Å². The molecule has 0 aliphatic carbocycles. The van der Waals surface area contributed by atoms with Crippen LogP contribution in [0.3, 0.4) is 0 Å². The van der Waals surface area contributed by atoms with Crippen molar-refractivity contribution in [1.82, 2.24) is 15.5 Å². The zero-order valence-electron chi connectivity index (χ0n) is 11.8. The summed E-state index contributed by atoms with van der Waals surface area (Å²) in [6, 6.07) is 8.72. The van der Waals surface area contributed by atoms with Gasteiger partial charge in [0, 0.05) is 18.7 Å². The molecule has 0 saturated carbocycles. The molecule has 1 amide bonds. The Balaban J connectivity index is 1.64. The first-order valence-electron chi connectivity index (χ1n) is 7.00. The van der Waals surface area contributed by atoms with Crippen LogP contribution in [0.1, 0.15) is 29.0 Å². The van der Waals surface area contributed by atoms with Crippen molar-refractivity contribution in [3.05, 3.63) is 35.7 Å². The Hall–Kier alpha value is -2.72. The van der Waals surface area contributed by atoms with E-state index in [0.29, 0.717) is 17.7 Å². The maximum atomic E-state index is 12.0. The van der Waals surface area contributed by atoms with Gasteiger partial charge in [0.05, 0.1) is 17.7 Å². The highest BCUT2D eigenvalue weighted by Crippen LogP contribution is 2.17. The molecule has 0 spiro atoms. The molecule has 1 aromatic carbocycles. The predicted octanol–water partition coefficient (Wildman–Crippen LogP) is 1.52. The van der Waals surface area contributed by atoms with Crippen LogP contribution in [0.15, 0.2) is 28.8 Å². The van der Waals surface area contributed by atoms with Crippen LogP contribution < -0.4 is 5.32 Å². The summed E-state index contributed by atoms with van der Waals surface area (Å²) in [6.07, 6.45) is 2.03. The molecular weight excluding hydrogens is 284 g/mol. The molecule has 2 heterocycles. The average molecular weight is 298 g/mol. The number of nitrogens with one attached hydrogen (secondary N) is 1. The minimum Gasteiger partial charge on any atom is -0.376 e. The Morgan fingerprint density at radius 1 is 1.41 bits per heavy atom. The predicted molar refractivity (Wildman–Crippen MR) is 75.8 cm³/mol. The molecule has 22 heavy (non-hydrogen) atoms. The van der Waals surface area contributed by atoms with Gasteiger partial charge in [0.2, 0.25) is 0 Å². The van der Waals surface area contributed by atoms with Gasteiger partial charge in [0.15, 0.2) is 0 Å². The van der Waals surface area contributed by atoms with Crippen molar-refractivity contribution in [2.24, 2.45) is 0 Å². The third-order valence-corrected chi connectivity index (χ3v) is 3.40. The number of nitrogens with zero attached hydrogens (tertiary/aromatic N) is 3. The Morgan fingerprint density at radius 2 is 2.23 bits per heavy atom. The minimum atomic E-state index is -0.390. The van der Waals surface area contributed by atoms with Crippen LogP contribution in [0.4, 0.5) is 0 Å². The molecular formula is C15H14N4O3. The van der Waals surface area contributed by atoms with Gasteiger partial charge in [-0.2, -0.15) is 10.2 Å². The average Bonchev–Trinajstić information content (AvgIpc) is 3.24. The fourth-order valence-electron chi connectivity index (χ4n) is 2.21. The van der Waals surface area contributed by atoms with Crippen molar-refractivity contribution in [3.8, 4) is 17.5 Å². The molecule has 7 heteroatoms. The first-order chi connectivity index (χ1) is 10.8. The molecule has 0 bridgehead atoms. The summed E-state index contributed by atoms with van der Waals surface area (Å²) >= 11 is 0. The zero-order valence-corrected chi connectivity index (χ0v) is 11.8. The molecule has 1 atom stereocenters. The van der Waals surface area contributed by atoms with E-state index in [1.807, 2.05) is 6.07 Å². The maximum Gasteiger partial charge on any atom is 0.292 e. The van der Waals surface area contributed by atoms with E-state index in [9.17, 15) is 4.79 Å². The van der Waals surface area contributed by atoms with E-state index in [1.54, 1.807) is 24.3 Å². The normalized spacial score (nSPS) is 17.1. The largest absolute Gasteiger partial charge is 0.376 e. The number of amides is 1. The molecule has 1 aliphatic heterocycles. The van der Waals surface area contributed by atoms with Crippen molar-refractivity contribution < 1.29 is 14.1 Å². The summed E-state index contributed by atoms with van der Waals surface area (Å²) in [5.74, 6) is -0.164. The smallest absolute Gasteiger partial charge is 0.292 e. The van der Waals surface area contributed by atoms with Gasteiger partial charge < -0.3 is 14.6 Å². The molecule has 3 rings (SSSR count). The van der Waals surface area contributed by atoms with Crippen molar-refractivity contribution in [1.29, 1.82) is 5.26 Å². The Kier molecular flexibility index (Phi) is 4.12. The number of nitriles is 1. The van der Waals surface area contributed by atoms with E-state index < -0.39 is 0 Å². The van der Waals surface area contributed by atoms with Gasteiger partial charge in [0.1, 0.15) is 0 Å². The highest BCUT2D eigenvalue weighted by molar-refractivity contribution is 5.90. The number of carbonyl (C=O) groups excluding carboxylic acids is 1. The van der Waals surface area contributed by atoms with E-state index in [-0.39, 0.29) is 23.7 Å². The number of ether oxygens (including phenoxy) is 1. The van der Waals surface area contributed by atoms with Gasteiger partial charge in [-0.05, 0) is 37.1 Å². The fourth-order valence-corrected chi connectivity index (χ4v) is 2.21. The monoisotopic (exact) mass is 298 g/mol. The SMILES string of the molecule is N#Cc1ccc(-c2nc(C(=O)NC[C@H]3CCCO3)no2)cc1. The van der Waals surface area contributed by atoms with Crippen molar-refractivity contribution in [2.45, 2.75) is 18.9 Å². The number of hydrogen-bond donors (Lipinski definition) is 1. The highest BCUT2D eigenvalue weighted by atomic mass is 16.5. The molecule has 7 nitrogen and oxygen atoms in total. The lowest BCUT2D eigenvalue weighted by Gasteiger charge is -2.08. The molecule has 1 aromatic heterocycles. The number of benzene rings is 1. The summed E-state index contributed by atoms with van der Waals surface area (Å²) in [5, 5.41) is 15.2. The number of rotatable bonds is 4. The van der Waals surface area contributed by atoms with Crippen LogP contribution in [0.25, 0.3) is 11.5 Å². The molecule has 1 fully saturated rings. The van der Waals surface area contributed by atoms with Gasteiger partial charge in [-0.25, -0.2) is 0 Å². The number of carbonyl (C=O) groups is 1. The van der Waals surface area contributed by atoms with Crippen LogP contribution in [-0.4, -0.2) is 35.3 Å². The van der Waals surface area contributed by atoms with E-state index >= 15 is 0 Å². The molecule has 1 saturated heterocycles. The lowest BCUT2D eigenvalue weighted by molar-refractivity contribution is 0.0847. The molecule has 112 valence electrons. The van der Waals surface area contributed by atoms with E-state index in [1.165, 1.54) is 0 Å². The van der Waals surface area contributed by atoms with Gasteiger partial charge in [0.25, 0.3) is 17.6 Å². The third-order valence-electron chi connectivity index (χ3n) is 3.40. The summed E-state index contributed by atoms with van der Waals surface area (Å²) < 4.78 is 10.5. The van der Waals surface area contributed by atoms with Gasteiger partial charge in [-0.1, -0.05) is 5.16 Å². The van der Waals surface area contributed by atoms with Crippen molar-refractivity contribution in [2.75, 3.05) is 13.2 Å². The van der Waals surface area contributed by atoms with E-state index in [4.69, 9.17) is 14.5 Å². The molecule has 2 aromatic rings. The molecule has 0 unspecified atom stereocenters. The van der Waals surface area contributed by atoms with Gasteiger partial charge in [-0.3, -0.25) is 4.79 Å². The maximum absolute atomic E-state index is 12.0. The zero-order chi connectivity index (χ0) is 15.4. The van der Waals surface area contributed by atoms with Crippen molar-refractivity contribution >= 4 is 5.91 Å². The summed E-state index contributed by atoms with van der Waals surface area (Å²) in [4.78, 5) is 16.0. The summed E-state index contributed by atoms with van der Waals surface area (Å²) in [6.45, 7) is 1.19. The number of hydrogen-bond acceptors (Lipinski definition) is 6. The lowest BCUT2D eigenvalue weighted by atomic mass is 10.1. The van der Waals surface area contributed by atoms with E-state index in [0.717, 1.165) is 19.4 Å².